The van der Waals surface area contributed by atoms with Crippen LogP contribution >= 0.6 is 0 Å². The molecule has 6 heteroatoms. The SMILES string of the molecule is Cc1ccc(OCc2ccccc2)c(Cn2c(N)nc3cc(C=O)ccc32)n1. The molecule has 28 heavy (non-hydrogen) atoms. The van der Waals surface area contributed by atoms with Gasteiger partial charge in [-0.25, -0.2) is 4.98 Å². The number of nitrogens with zero attached hydrogens (tertiary/aromatic N) is 3. The predicted molar refractivity (Wildman–Crippen MR) is 108 cm³/mol. The number of carbonyl (C=O) groups excluding carboxylic acids is 1. The molecule has 4 aromatic rings. The summed E-state index contributed by atoms with van der Waals surface area (Å²) in [6.45, 7) is 2.83. The number of aldehydes is 1. The molecule has 2 aromatic heterocycles. The number of imidazole rings is 1. The summed E-state index contributed by atoms with van der Waals surface area (Å²) < 4.78 is 7.91. The zero-order valence-electron chi connectivity index (χ0n) is 15.5. The molecule has 0 aliphatic heterocycles. The number of nitrogens with two attached hydrogens (primary N) is 1. The third-order valence-corrected chi connectivity index (χ3v) is 4.55. The Hall–Kier alpha value is -3.67. The number of carbonyl (C=O) groups is 1. The average molecular weight is 372 g/mol. The largest absolute Gasteiger partial charge is 0.487 e. The van der Waals surface area contributed by atoms with Crippen LogP contribution in [-0.4, -0.2) is 20.8 Å². The van der Waals surface area contributed by atoms with Crippen LogP contribution in [0.1, 0.15) is 27.3 Å². The summed E-state index contributed by atoms with van der Waals surface area (Å²) in [6, 6.07) is 19.2. The van der Waals surface area contributed by atoms with Crippen LogP contribution in [0.3, 0.4) is 0 Å². The van der Waals surface area contributed by atoms with E-state index >= 15 is 0 Å². The maximum atomic E-state index is 11.0. The van der Waals surface area contributed by atoms with E-state index in [-0.39, 0.29) is 0 Å². The molecule has 6 nitrogen and oxygen atoms in total. The number of pyridine rings is 1. The fraction of sp³-hybridized carbons (Fsp3) is 0.136. The summed E-state index contributed by atoms with van der Waals surface area (Å²) in [5.41, 5.74) is 11.0. The summed E-state index contributed by atoms with van der Waals surface area (Å²) in [6.07, 6.45) is 0.798. The predicted octanol–water partition coefficient (Wildman–Crippen LogP) is 3.76. The van der Waals surface area contributed by atoms with Gasteiger partial charge in [0, 0.05) is 11.3 Å². The van der Waals surface area contributed by atoms with Gasteiger partial charge in [0.15, 0.2) is 0 Å². The van der Waals surface area contributed by atoms with Crippen molar-refractivity contribution in [2.75, 3.05) is 5.73 Å². The lowest BCUT2D eigenvalue weighted by atomic mass is 10.2. The summed E-state index contributed by atoms with van der Waals surface area (Å²) >= 11 is 0. The number of aryl methyl sites for hydroxylation is 1. The van der Waals surface area contributed by atoms with Gasteiger partial charge < -0.3 is 15.0 Å². The maximum Gasteiger partial charge on any atom is 0.201 e. The van der Waals surface area contributed by atoms with Crippen LogP contribution in [0.2, 0.25) is 0 Å². The molecule has 0 aliphatic carbocycles. The molecule has 0 bridgehead atoms. The Balaban J connectivity index is 1.66. The molecule has 0 atom stereocenters. The van der Waals surface area contributed by atoms with Crippen LogP contribution in [-0.2, 0) is 13.2 Å². The van der Waals surface area contributed by atoms with Crippen molar-refractivity contribution in [3.63, 3.8) is 0 Å². The highest BCUT2D eigenvalue weighted by atomic mass is 16.5. The van der Waals surface area contributed by atoms with E-state index in [2.05, 4.69) is 9.97 Å². The third-order valence-electron chi connectivity index (χ3n) is 4.55. The van der Waals surface area contributed by atoms with E-state index in [1.54, 1.807) is 12.1 Å². The minimum absolute atomic E-state index is 0.371. The lowest BCUT2D eigenvalue weighted by molar-refractivity contribution is 0.112. The number of rotatable bonds is 6. The Morgan fingerprint density at radius 3 is 2.68 bits per heavy atom. The number of ether oxygens (including phenoxy) is 1. The second kappa shape index (κ2) is 7.52. The van der Waals surface area contributed by atoms with Gasteiger partial charge in [0.1, 0.15) is 24.3 Å². The summed E-state index contributed by atoms with van der Waals surface area (Å²) in [7, 11) is 0. The number of nitrogen functional groups attached to an aromatic ring is 1. The highest BCUT2D eigenvalue weighted by Crippen LogP contribution is 2.24. The van der Waals surface area contributed by atoms with E-state index in [9.17, 15) is 4.79 Å². The van der Waals surface area contributed by atoms with Crippen LogP contribution in [0.4, 0.5) is 5.95 Å². The standard InChI is InChI=1S/C22H20N4O2/c1-15-7-10-21(28-14-16-5-3-2-4-6-16)19(24-15)12-26-20-9-8-17(13-27)11-18(20)25-22(26)23/h2-11,13H,12,14H2,1H3,(H2,23,25). The van der Waals surface area contributed by atoms with Crippen molar-refractivity contribution in [3.8, 4) is 5.75 Å². The third kappa shape index (κ3) is 3.57. The molecule has 0 spiro atoms. The first-order valence-corrected chi connectivity index (χ1v) is 8.98. The van der Waals surface area contributed by atoms with Gasteiger partial charge in [0.05, 0.1) is 17.6 Å². The van der Waals surface area contributed by atoms with Crippen molar-refractivity contribution in [2.24, 2.45) is 0 Å². The van der Waals surface area contributed by atoms with Crippen molar-refractivity contribution >= 4 is 23.3 Å². The van der Waals surface area contributed by atoms with Gasteiger partial charge in [0.25, 0.3) is 0 Å². The smallest absolute Gasteiger partial charge is 0.201 e. The lowest BCUT2D eigenvalue weighted by Crippen LogP contribution is -2.09. The Morgan fingerprint density at radius 2 is 1.89 bits per heavy atom. The van der Waals surface area contributed by atoms with Gasteiger partial charge in [-0.15, -0.1) is 0 Å². The quantitative estimate of drug-likeness (QED) is 0.521. The molecule has 0 saturated carbocycles. The minimum Gasteiger partial charge on any atom is -0.487 e. The van der Waals surface area contributed by atoms with E-state index < -0.39 is 0 Å². The Bertz CT molecular complexity index is 1140. The zero-order chi connectivity index (χ0) is 19.5. The summed E-state index contributed by atoms with van der Waals surface area (Å²) in [4.78, 5) is 20.0. The average Bonchev–Trinajstić information content (AvgIpc) is 3.02. The number of hydrogen-bond donors (Lipinski definition) is 1. The second-order valence-corrected chi connectivity index (χ2v) is 6.59. The fourth-order valence-corrected chi connectivity index (χ4v) is 3.13. The molecule has 0 unspecified atom stereocenters. The van der Waals surface area contributed by atoms with Gasteiger partial charge >= 0.3 is 0 Å². The van der Waals surface area contributed by atoms with Crippen molar-refractivity contribution in [2.45, 2.75) is 20.1 Å². The van der Waals surface area contributed by atoms with Gasteiger partial charge in [-0.3, -0.25) is 9.78 Å². The zero-order valence-corrected chi connectivity index (χ0v) is 15.5. The van der Waals surface area contributed by atoms with Crippen LogP contribution in [0.5, 0.6) is 5.75 Å². The van der Waals surface area contributed by atoms with E-state index in [0.29, 0.717) is 35.9 Å². The topological polar surface area (TPSA) is 83.0 Å². The van der Waals surface area contributed by atoms with Gasteiger partial charge in [-0.2, -0.15) is 0 Å². The molecular formula is C22H20N4O2. The molecule has 4 rings (SSSR count). The first-order chi connectivity index (χ1) is 13.6. The Labute approximate surface area is 162 Å². The van der Waals surface area contributed by atoms with Crippen LogP contribution in [0.25, 0.3) is 11.0 Å². The number of anilines is 1. The molecule has 0 amide bonds. The number of hydrogen-bond acceptors (Lipinski definition) is 5. The molecule has 0 aliphatic rings. The van der Waals surface area contributed by atoms with Crippen LogP contribution in [0, 0.1) is 6.92 Å². The van der Waals surface area contributed by atoms with Crippen molar-refractivity contribution in [3.05, 3.63) is 83.2 Å². The van der Waals surface area contributed by atoms with Crippen molar-refractivity contribution in [1.82, 2.24) is 14.5 Å². The molecule has 2 aromatic carbocycles. The molecule has 2 N–H and O–H groups in total. The van der Waals surface area contributed by atoms with Gasteiger partial charge in [-0.1, -0.05) is 30.3 Å². The van der Waals surface area contributed by atoms with E-state index in [0.717, 1.165) is 28.8 Å². The normalized spacial score (nSPS) is 10.9. The molecule has 140 valence electrons. The minimum atomic E-state index is 0.371. The van der Waals surface area contributed by atoms with Crippen LogP contribution in [0.15, 0.2) is 60.7 Å². The first-order valence-electron chi connectivity index (χ1n) is 8.98. The van der Waals surface area contributed by atoms with E-state index in [1.165, 1.54) is 0 Å². The van der Waals surface area contributed by atoms with Gasteiger partial charge in [0.2, 0.25) is 5.95 Å². The Morgan fingerprint density at radius 1 is 1.07 bits per heavy atom. The highest BCUT2D eigenvalue weighted by molar-refractivity contribution is 5.86. The monoisotopic (exact) mass is 372 g/mol. The number of fused-ring (bicyclic) bond motifs is 1. The van der Waals surface area contributed by atoms with Gasteiger partial charge in [-0.05, 0) is 42.8 Å². The lowest BCUT2D eigenvalue weighted by Gasteiger charge is -2.13. The second-order valence-electron chi connectivity index (χ2n) is 6.59. The van der Waals surface area contributed by atoms with Crippen molar-refractivity contribution < 1.29 is 9.53 Å². The molecule has 0 radical (unpaired) electrons. The Kier molecular flexibility index (Phi) is 4.76. The molecule has 2 heterocycles. The highest BCUT2D eigenvalue weighted by Gasteiger charge is 2.13. The molecular weight excluding hydrogens is 352 g/mol. The molecule has 0 saturated heterocycles. The van der Waals surface area contributed by atoms with Crippen molar-refractivity contribution in [1.29, 1.82) is 0 Å². The van der Waals surface area contributed by atoms with E-state index in [4.69, 9.17) is 10.5 Å². The van der Waals surface area contributed by atoms with E-state index in [1.807, 2.05) is 60.0 Å². The fourth-order valence-electron chi connectivity index (χ4n) is 3.13. The van der Waals surface area contributed by atoms with Crippen LogP contribution < -0.4 is 10.5 Å². The summed E-state index contributed by atoms with van der Waals surface area (Å²) in [5.74, 6) is 1.08. The molecule has 0 fully saturated rings. The number of aromatic nitrogens is 3. The summed E-state index contributed by atoms with van der Waals surface area (Å²) in [5, 5.41) is 0. The number of benzene rings is 2. The first kappa shape index (κ1) is 17.7. The maximum absolute atomic E-state index is 11.0.